The first-order chi connectivity index (χ1) is 15.7. The van der Waals surface area contributed by atoms with E-state index < -0.39 is 10.9 Å². The first kappa shape index (κ1) is 22.1. The van der Waals surface area contributed by atoms with E-state index in [9.17, 15) is 19.7 Å². The Morgan fingerprint density at radius 3 is 2.61 bits per heavy atom. The summed E-state index contributed by atoms with van der Waals surface area (Å²) in [5, 5.41) is 14.1. The molecule has 176 valence electrons. The van der Waals surface area contributed by atoms with Crippen LogP contribution in [0.5, 0.6) is 0 Å². The van der Waals surface area contributed by atoms with Gasteiger partial charge in [0.05, 0.1) is 10.5 Å². The molecule has 0 unspecified atom stereocenters. The average Bonchev–Trinajstić information content (AvgIpc) is 2.78. The molecule has 4 aliphatic rings. The molecule has 1 saturated heterocycles. The van der Waals surface area contributed by atoms with E-state index >= 15 is 0 Å². The minimum absolute atomic E-state index is 0.0389. The second-order valence-electron chi connectivity index (χ2n) is 10.9. The molecule has 7 heteroatoms. The first-order valence-corrected chi connectivity index (χ1v) is 12.2. The fraction of sp³-hybridized carbons (Fsp3) is 0.615. The predicted molar refractivity (Wildman–Crippen MR) is 122 cm³/mol. The smallest absolute Gasteiger partial charge is 0.338 e. The minimum atomic E-state index is -0.477. The van der Waals surface area contributed by atoms with Crippen molar-refractivity contribution < 1.29 is 19.2 Å². The van der Waals surface area contributed by atoms with Gasteiger partial charge in [0.15, 0.2) is 0 Å². The number of amides is 1. The van der Waals surface area contributed by atoms with E-state index in [1.807, 2.05) is 0 Å². The number of piperidine rings is 1. The number of nitrogens with zero attached hydrogens (tertiary/aromatic N) is 1. The van der Waals surface area contributed by atoms with Crippen molar-refractivity contribution >= 4 is 17.6 Å². The lowest BCUT2D eigenvalue weighted by Gasteiger charge is -2.59. The van der Waals surface area contributed by atoms with Crippen LogP contribution in [0.15, 0.2) is 35.9 Å². The number of nitro groups is 1. The summed E-state index contributed by atoms with van der Waals surface area (Å²) in [4.78, 5) is 35.0. The van der Waals surface area contributed by atoms with Crippen LogP contribution >= 0.6 is 0 Å². The van der Waals surface area contributed by atoms with Crippen molar-refractivity contribution in [1.29, 1.82) is 0 Å². The number of allylic oxidation sites excluding steroid dienone is 1. The van der Waals surface area contributed by atoms with Crippen molar-refractivity contribution in [3.05, 3.63) is 51.6 Å². The topological polar surface area (TPSA) is 98.5 Å². The zero-order chi connectivity index (χ0) is 23.4. The van der Waals surface area contributed by atoms with Crippen molar-refractivity contribution in [3.8, 4) is 0 Å². The monoisotopic (exact) mass is 452 g/mol. The van der Waals surface area contributed by atoms with Crippen LogP contribution in [0.3, 0.4) is 0 Å². The number of ether oxygens (including phenoxy) is 1. The highest BCUT2D eigenvalue weighted by atomic mass is 16.6. The molecule has 7 nitrogen and oxygen atoms in total. The molecule has 0 radical (unpaired) electrons. The number of non-ortho nitro benzene ring substituents is 1. The number of nitro benzene ring substituents is 1. The summed E-state index contributed by atoms with van der Waals surface area (Å²) in [5.74, 6) is 1.51. The summed E-state index contributed by atoms with van der Waals surface area (Å²) in [5.41, 5.74) is 1.78. The molecule has 5 rings (SSSR count). The third-order valence-electron chi connectivity index (χ3n) is 9.14. The van der Waals surface area contributed by atoms with Crippen LogP contribution < -0.4 is 5.32 Å². The van der Waals surface area contributed by atoms with Gasteiger partial charge in [-0.15, -0.1) is 0 Å². The molecule has 2 saturated carbocycles. The SMILES string of the molecule is C[C@]12CC[C@H](OC(=O)c3ccc([N+](=O)[O-])cc3)CC1=CC[C@@H]1[C@@H]2CC[C@]2(C)NC(=O)CC[C@@H]12. The van der Waals surface area contributed by atoms with Gasteiger partial charge in [-0.25, -0.2) is 4.79 Å². The van der Waals surface area contributed by atoms with Gasteiger partial charge in [-0.1, -0.05) is 18.6 Å². The number of carbonyl (C=O) groups excluding carboxylic acids is 2. The standard InChI is InChI=1S/C26H32N2O5/c1-25-13-11-19(33-24(30)16-3-6-18(7-4-16)28(31)32)15-17(25)5-8-20-21(25)12-14-26(2)22(20)9-10-23(29)27-26/h3-7,19-22H,8-15H2,1-2H3,(H,27,29)/t19-,20+,21-,22-,25-,26-/m0/s1. The lowest BCUT2D eigenvalue weighted by Crippen LogP contribution is -2.62. The Morgan fingerprint density at radius 1 is 1.12 bits per heavy atom. The van der Waals surface area contributed by atoms with Crippen molar-refractivity contribution in [2.24, 2.45) is 23.2 Å². The van der Waals surface area contributed by atoms with Gasteiger partial charge in [-0.05, 0) is 80.8 Å². The van der Waals surface area contributed by atoms with Crippen molar-refractivity contribution in [2.75, 3.05) is 0 Å². The van der Waals surface area contributed by atoms with E-state index in [-0.39, 0.29) is 28.7 Å². The van der Waals surface area contributed by atoms with E-state index in [2.05, 4.69) is 25.2 Å². The Hall–Kier alpha value is -2.70. The number of benzene rings is 1. The second-order valence-corrected chi connectivity index (χ2v) is 10.9. The van der Waals surface area contributed by atoms with Gasteiger partial charge in [-0.3, -0.25) is 14.9 Å². The van der Waals surface area contributed by atoms with Crippen molar-refractivity contribution in [1.82, 2.24) is 5.32 Å². The summed E-state index contributed by atoms with van der Waals surface area (Å²) in [6.45, 7) is 4.63. The lowest BCUT2D eigenvalue weighted by molar-refractivity contribution is -0.384. The summed E-state index contributed by atoms with van der Waals surface area (Å²) in [6, 6.07) is 5.59. The molecule has 3 fully saturated rings. The van der Waals surface area contributed by atoms with Crippen LogP contribution in [-0.2, 0) is 9.53 Å². The highest BCUT2D eigenvalue weighted by Crippen LogP contribution is 2.60. The lowest BCUT2D eigenvalue weighted by atomic mass is 9.48. The summed E-state index contributed by atoms with van der Waals surface area (Å²) < 4.78 is 5.82. The molecular weight excluding hydrogens is 420 g/mol. The van der Waals surface area contributed by atoms with E-state index in [1.54, 1.807) is 0 Å². The third kappa shape index (κ3) is 3.75. The van der Waals surface area contributed by atoms with Crippen LogP contribution in [0.4, 0.5) is 5.69 Å². The molecule has 1 aliphatic heterocycles. The average molecular weight is 453 g/mol. The number of hydrogen-bond acceptors (Lipinski definition) is 5. The Labute approximate surface area is 194 Å². The van der Waals surface area contributed by atoms with E-state index in [1.165, 1.54) is 29.8 Å². The fourth-order valence-electron chi connectivity index (χ4n) is 7.34. The summed E-state index contributed by atoms with van der Waals surface area (Å²) >= 11 is 0. The van der Waals surface area contributed by atoms with Crippen molar-refractivity contribution in [2.45, 2.75) is 76.9 Å². The number of carbonyl (C=O) groups is 2. The fourth-order valence-corrected chi connectivity index (χ4v) is 7.34. The Bertz CT molecular complexity index is 1020. The molecule has 1 aromatic carbocycles. The minimum Gasteiger partial charge on any atom is -0.458 e. The maximum Gasteiger partial charge on any atom is 0.338 e. The predicted octanol–water partition coefficient (Wildman–Crippen LogP) is 4.95. The Balaban J connectivity index is 1.28. The molecule has 1 aromatic rings. The number of hydrogen-bond donors (Lipinski definition) is 1. The van der Waals surface area contributed by atoms with Crippen molar-refractivity contribution in [3.63, 3.8) is 0 Å². The normalized spacial score (nSPS) is 37.5. The Morgan fingerprint density at radius 2 is 1.88 bits per heavy atom. The molecule has 0 bridgehead atoms. The van der Waals surface area contributed by atoms with Gasteiger partial charge in [0.1, 0.15) is 6.10 Å². The van der Waals surface area contributed by atoms with E-state index in [0.717, 1.165) is 44.9 Å². The molecule has 0 spiro atoms. The number of nitrogens with one attached hydrogen (secondary N) is 1. The zero-order valence-electron chi connectivity index (χ0n) is 19.3. The third-order valence-corrected chi connectivity index (χ3v) is 9.14. The quantitative estimate of drug-likeness (QED) is 0.303. The first-order valence-electron chi connectivity index (χ1n) is 12.2. The van der Waals surface area contributed by atoms with Crippen LogP contribution in [0.2, 0.25) is 0 Å². The summed E-state index contributed by atoms with van der Waals surface area (Å²) in [7, 11) is 0. The van der Waals surface area contributed by atoms with Gasteiger partial charge < -0.3 is 10.1 Å². The Kier molecular flexibility index (Phi) is 5.33. The van der Waals surface area contributed by atoms with Crippen LogP contribution in [0, 0.1) is 33.3 Å². The number of rotatable bonds is 3. The van der Waals surface area contributed by atoms with Crippen LogP contribution in [0.1, 0.15) is 75.6 Å². The zero-order valence-corrected chi connectivity index (χ0v) is 19.3. The molecular formula is C26H32N2O5. The summed E-state index contributed by atoms with van der Waals surface area (Å²) in [6.07, 6.45) is 9.64. The molecule has 1 N–H and O–H groups in total. The molecule has 1 amide bonds. The van der Waals surface area contributed by atoms with Gasteiger partial charge in [-0.2, -0.15) is 0 Å². The number of esters is 1. The van der Waals surface area contributed by atoms with E-state index in [4.69, 9.17) is 4.74 Å². The van der Waals surface area contributed by atoms with Gasteiger partial charge in [0.2, 0.25) is 5.91 Å². The highest BCUT2D eigenvalue weighted by molar-refractivity contribution is 5.89. The molecule has 33 heavy (non-hydrogen) atoms. The van der Waals surface area contributed by atoms with Gasteiger partial charge in [0, 0.05) is 30.5 Å². The largest absolute Gasteiger partial charge is 0.458 e. The number of fused-ring (bicyclic) bond motifs is 5. The molecule has 0 aromatic heterocycles. The molecule has 1 heterocycles. The van der Waals surface area contributed by atoms with E-state index in [0.29, 0.717) is 29.7 Å². The molecule has 3 aliphatic carbocycles. The van der Waals surface area contributed by atoms with Crippen LogP contribution in [-0.4, -0.2) is 28.4 Å². The maximum atomic E-state index is 12.6. The second kappa shape index (κ2) is 7.96. The van der Waals surface area contributed by atoms with Gasteiger partial charge in [0.25, 0.3) is 5.69 Å². The highest BCUT2D eigenvalue weighted by Gasteiger charge is 2.56. The van der Waals surface area contributed by atoms with Gasteiger partial charge >= 0.3 is 5.97 Å². The van der Waals surface area contributed by atoms with Crippen LogP contribution in [0.25, 0.3) is 0 Å². The maximum absolute atomic E-state index is 12.6. The molecule has 6 atom stereocenters.